The van der Waals surface area contributed by atoms with Crippen LogP contribution in [0.15, 0.2) is 0 Å². The SMILES string of the molecule is CCCCCOF. The highest BCUT2D eigenvalue weighted by atomic mass is 19.3. The average molecular weight is 106 g/mol. The third-order valence-corrected chi connectivity index (χ3v) is 0.825. The van der Waals surface area contributed by atoms with Gasteiger partial charge in [-0.2, -0.15) is 4.94 Å². The van der Waals surface area contributed by atoms with Crippen LogP contribution in [0.3, 0.4) is 0 Å². The quantitative estimate of drug-likeness (QED) is 0.498. The molecule has 0 aliphatic rings. The van der Waals surface area contributed by atoms with E-state index in [4.69, 9.17) is 0 Å². The van der Waals surface area contributed by atoms with E-state index in [2.05, 4.69) is 11.9 Å². The Bertz CT molecular complexity index is 27.3. The lowest BCUT2D eigenvalue weighted by Crippen LogP contribution is -1.82. The molecule has 1 nitrogen and oxygen atoms in total. The van der Waals surface area contributed by atoms with Crippen LogP contribution in [0.2, 0.25) is 0 Å². The monoisotopic (exact) mass is 106 g/mol. The summed E-state index contributed by atoms with van der Waals surface area (Å²) >= 11 is 0. The fourth-order valence-corrected chi connectivity index (χ4v) is 0.407. The average Bonchev–Trinajstić information content (AvgIpc) is 1.69. The molecule has 0 aromatic carbocycles. The van der Waals surface area contributed by atoms with Crippen molar-refractivity contribution < 1.29 is 9.47 Å². The van der Waals surface area contributed by atoms with E-state index in [1.807, 2.05) is 0 Å². The Morgan fingerprint density at radius 2 is 2.14 bits per heavy atom. The van der Waals surface area contributed by atoms with Crippen LogP contribution in [0.25, 0.3) is 0 Å². The zero-order chi connectivity index (χ0) is 5.54. The Kier molecular flexibility index (Phi) is 5.80. The van der Waals surface area contributed by atoms with Crippen molar-refractivity contribution >= 4 is 0 Å². The molecule has 0 atom stereocenters. The van der Waals surface area contributed by atoms with Gasteiger partial charge in [-0.15, -0.1) is 0 Å². The van der Waals surface area contributed by atoms with E-state index in [1.165, 1.54) is 0 Å². The van der Waals surface area contributed by atoms with E-state index in [0.717, 1.165) is 19.3 Å². The fraction of sp³-hybridized carbons (Fsp3) is 1.00. The van der Waals surface area contributed by atoms with E-state index in [1.54, 1.807) is 0 Å². The number of halogens is 1. The van der Waals surface area contributed by atoms with Crippen molar-refractivity contribution in [3.05, 3.63) is 0 Å². The van der Waals surface area contributed by atoms with Crippen LogP contribution in [0.5, 0.6) is 0 Å². The Morgan fingerprint density at radius 3 is 2.57 bits per heavy atom. The molecule has 0 amide bonds. The molecule has 0 spiro atoms. The van der Waals surface area contributed by atoms with Gasteiger partial charge in [-0.25, -0.2) is 0 Å². The van der Waals surface area contributed by atoms with Crippen LogP contribution < -0.4 is 0 Å². The van der Waals surface area contributed by atoms with Crippen LogP contribution in [0.4, 0.5) is 4.53 Å². The van der Waals surface area contributed by atoms with Gasteiger partial charge in [0, 0.05) is 0 Å². The van der Waals surface area contributed by atoms with Gasteiger partial charge in [-0.3, -0.25) is 0 Å². The van der Waals surface area contributed by atoms with Crippen LogP contribution in [-0.4, -0.2) is 6.61 Å². The van der Waals surface area contributed by atoms with E-state index in [9.17, 15) is 4.53 Å². The predicted molar refractivity (Wildman–Crippen MR) is 26.6 cm³/mol. The molecular weight excluding hydrogens is 95.1 g/mol. The lowest BCUT2D eigenvalue weighted by Gasteiger charge is -1.88. The normalized spacial score (nSPS) is 9.43. The first-order valence-electron chi connectivity index (χ1n) is 2.65. The smallest absolute Gasteiger partial charge is 0.0876 e. The highest BCUT2D eigenvalue weighted by molar-refractivity contribution is 4.31. The molecule has 2 heteroatoms. The summed E-state index contributed by atoms with van der Waals surface area (Å²) in [6.07, 6.45) is 3.01. The molecule has 44 valence electrons. The molecule has 7 heavy (non-hydrogen) atoms. The topological polar surface area (TPSA) is 9.23 Å². The third kappa shape index (κ3) is 5.89. The minimum atomic E-state index is 0.258. The lowest BCUT2D eigenvalue weighted by atomic mass is 10.3. The Morgan fingerprint density at radius 1 is 1.43 bits per heavy atom. The molecule has 0 aliphatic heterocycles. The Labute approximate surface area is 43.4 Å². The zero-order valence-corrected chi connectivity index (χ0v) is 4.61. The summed E-state index contributed by atoms with van der Waals surface area (Å²) in [7, 11) is 0. The second-order valence-electron chi connectivity index (χ2n) is 1.52. The van der Waals surface area contributed by atoms with Gasteiger partial charge in [0.2, 0.25) is 0 Å². The maximum Gasteiger partial charge on any atom is 0.0876 e. The minimum absolute atomic E-state index is 0.258. The molecule has 0 aromatic heterocycles. The van der Waals surface area contributed by atoms with E-state index in [0.29, 0.717) is 0 Å². The van der Waals surface area contributed by atoms with Crippen LogP contribution in [0, 0.1) is 0 Å². The Hall–Kier alpha value is -0.110. The van der Waals surface area contributed by atoms with E-state index < -0.39 is 0 Å². The van der Waals surface area contributed by atoms with Crippen LogP contribution in [-0.2, 0) is 4.94 Å². The van der Waals surface area contributed by atoms with Gasteiger partial charge >= 0.3 is 0 Å². The molecular formula is C5H11FO. The van der Waals surface area contributed by atoms with Crippen LogP contribution in [0.1, 0.15) is 26.2 Å². The highest BCUT2D eigenvalue weighted by Crippen LogP contribution is 1.93. The van der Waals surface area contributed by atoms with Gasteiger partial charge in [0.15, 0.2) is 0 Å². The van der Waals surface area contributed by atoms with Crippen molar-refractivity contribution in [2.24, 2.45) is 0 Å². The lowest BCUT2D eigenvalue weighted by molar-refractivity contribution is -0.132. The van der Waals surface area contributed by atoms with Gasteiger partial charge in [0.25, 0.3) is 0 Å². The minimum Gasteiger partial charge on any atom is -0.194 e. The van der Waals surface area contributed by atoms with Crippen molar-refractivity contribution in [1.82, 2.24) is 0 Å². The van der Waals surface area contributed by atoms with E-state index in [-0.39, 0.29) is 6.61 Å². The van der Waals surface area contributed by atoms with Crippen molar-refractivity contribution in [2.75, 3.05) is 6.61 Å². The van der Waals surface area contributed by atoms with Gasteiger partial charge in [-0.05, 0) is 10.9 Å². The van der Waals surface area contributed by atoms with E-state index >= 15 is 0 Å². The van der Waals surface area contributed by atoms with Gasteiger partial charge in [0.1, 0.15) is 0 Å². The molecule has 0 unspecified atom stereocenters. The molecule has 0 bridgehead atoms. The molecule has 0 N–H and O–H groups in total. The molecule has 0 aliphatic carbocycles. The maximum atomic E-state index is 10.8. The van der Waals surface area contributed by atoms with Gasteiger partial charge in [-0.1, -0.05) is 19.8 Å². The molecule has 0 saturated heterocycles. The first kappa shape index (κ1) is 6.89. The summed E-state index contributed by atoms with van der Waals surface area (Å²) in [4.78, 5) is 3.34. The first-order chi connectivity index (χ1) is 3.41. The molecule has 0 saturated carbocycles. The van der Waals surface area contributed by atoms with Gasteiger partial charge in [0.05, 0.1) is 6.61 Å². The molecule has 0 rings (SSSR count). The number of rotatable bonds is 4. The summed E-state index contributed by atoms with van der Waals surface area (Å²) in [6.45, 7) is 2.33. The van der Waals surface area contributed by atoms with Crippen molar-refractivity contribution in [1.29, 1.82) is 0 Å². The highest BCUT2D eigenvalue weighted by Gasteiger charge is 1.82. The molecule has 0 aromatic rings. The largest absolute Gasteiger partial charge is 0.194 e. The molecule has 0 heterocycles. The maximum absolute atomic E-state index is 10.8. The van der Waals surface area contributed by atoms with Crippen molar-refractivity contribution in [3.63, 3.8) is 0 Å². The summed E-state index contributed by atoms with van der Waals surface area (Å²) in [5, 5.41) is 0. The van der Waals surface area contributed by atoms with Crippen LogP contribution >= 0.6 is 0 Å². The van der Waals surface area contributed by atoms with Crippen molar-refractivity contribution in [3.8, 4) is 0 Å². The number of hydrogen-bond donors (Lipinski definition) is 0. The molecule has 0 fully saturated rings. The fourth-order valence-electron chi connectivity index (χ4n) is 0.407. The van der Waals surface area contributed by atoms with Gasteiger partial charge < -0.3 is 0 Å². The summed E-state index contributed by atoms with van der Waals surface area (Å²) in [6, 6.07) is 0. The summed E-state index contributed by atoms with van der Waals surface area (Å²) in [5.41, 5.74) is 0. The second kappa shape index (κ2) is 5.89. The summed E-state index contributed by atoms with van der Waals surface area (Å²) in [5.74, 6) is 0. The van der Waals surface area contributed by atoms with Crippen molar-refractivity contribution in [2.45, 2.75) is 26.2 Å². The summed E-state index contributed by atoms with van der Waals surface area (Å²) < 4.78 is 10.8. The predicted octanol–water partition coefficient (Wildman–Crippen LogP) is 2.08. The first-order valence-corrected chi connectivity index (χ1v) is 2.65. The molecule has 0 radical (unpaired) electrons. The third-order valence-electron chi connectivity index (χ3n) is 0.825. The number of unbranched alkanes of at least 4 members (excludes halogenated alkanes) is 2. The number of hydrogen-bond acceptors (Lipinski definition) is 1. The Balaban J connectivity index is 2.45. The zero-order valence-electron chi connectivity index (χ0n) is 4.61. The second-order valence-corrected chi connectivity index (χ2v) is 1.52. The standard InChI is InChI=1S/C5H11FO/c1-2-3-4-5-7-6/h2-5H2,1H3.